The molecule has 5 nitrogen and oxygen atoms in total. The van der Waals surface area contributed by atoms with Crippen LogP contribution in [0.25, 0.3) is 0 Å². The minimum Gasteiger partial charge on any atom is -0.368 e. The van der Waals surface area contributed by atoms with E-state index in [-0.39, 0.29) is 5.95 Å². The molecule has 0 amide bonds. The van der Waals surface area contributed by atoms with Crippen LogP contribution < -0.4 is 11.1 Å². The first-order valence-corrected chi connectivity index (χ1v) is 7.37. The van der Waals surface area contributed by atoms with Crippen molar-refractivity contribution in [3.8, 4) is 0 Å². The maximum absolute atomic E-state index is 6.32. The standard InChI is InChI=1S/C14H12ClN5S/c15-11-8-9(17-14-18-13(16)19-20-14)6-7-12(11)21-10-4-2-1-3-5-10/h1-8H,(H4,16,17,18,19,20). The van der Waals surface area contributed by atoms with Crippen molar-refractivity contribution in [3.05, 3.63) is 53.6 Å². The molecule has 106 valence electrons. The molecule has 0 saturated heterocycles. The SMILES string of the molecule is Nc1nc(Nc2ccc(Sc3ccccc3)c(Cl)c2)n[nH]1. The number of nitrogens with one attached hydrogen (secondary N) is 2. The lowest BCUT2D eigenvalue weighted by atomic mass is 10.3. The normalized spacial score (nSPS) is 10.5. The number of benzene rings is 2. The number of nitrogens with zero attached hydrogens (tertiary/aromatic N) is 2. The summed E-state index contributed by atoms with van der Waals surface area (Å²) in [4.78, 5) is 6.11. The fraction of sp³-hybridized carbons (Fsp3) is 0. The Kier molecular flexibility index (Phi) is 3.98. The summed E-state index contributed by atoms with van der Waals surface area (Å²) in [5.41, 5.74) is 6.28. The second kappa shape index (κ2) is 6.07. The van der Waals surface area contributed by atoms with Crippen molar-refractivity contribution in [1.29, 1.82) is 0 Å². The highest BCUT2D eigenvalue weighted by Gasteiger charge is 2.06. The number of hydrogen-bond acceptors (Lipinski definition) is 5. The lowest BCUT2D eigenvalue weighted by Gasteiger charge is -2.07. The van der Waals surface area contributed by atoms with Crippen molar-refractivity contribution in [1.82, 2.24) is 15.2 Å². The predicted molar refractivity (Wildman–Crippen MR) is 86.1 cm³/mol. The molecule has 2 aromatic carbocycles. The largest absolute Gasteiger partial charge is 0.368 e. The Morgan fingerprint density at radius 1 is 1.14 bits per heavy atom. The Bertz CT molecular complexity index is 744. The highest BCUT2D eigenvalue weighted by Crippen LogP contribution is 2.35. The number of nitrogens with two attached hydrogens (primary N) is 1. The Morgan fingerprint density at radius 2 is 1.95 bits per heavy atom. The van der Waals surface area contributed by atoms with Gasteiger partial charge in [-0.1, -0.05) is 41.6 Å². The number of halogens is 1. The van der Waals surface area contributed by atoms with Crippen LogP contribution in [0, 0.1) is 0 Å². The van der Waals surface area contributed by atoms with E-state index in [1.807, 2.05) is 48.5 Å². The fourth-order valence-electron chi connectivity index (χ4n) is 1.74. The van der Waals surface area contributed by atoms with Crippen LogP contribution in [0.4, 0.5) is 17.6 Å². The second-order valence-corrected chi connectivity index (χ2v) is 5.75. The number of aromatic nitrogens is 3. The summed E-state index contributed by atoms with van der Waals surface area (Å²) in [5, 5.41) is 10.2. The number of hydrogen-bond donors (Lipinski definition) is 3. The summed E-state index contributed by atoms with van der Waals surface area (Å²) in [6, 6.07) is 15.8. The van der Waals surface area contributed by atoms with E-state index in [9.17, 15) is 0 Å². The number of anilines is 3. The lowest BCUT2D eigenvalue weighted by molar-refractivity contribution is 1.10. The molecule has 0 unspecified atom stereocenters. The molecular formula is C14H12ClN5S. The van der Waals surface area contributed by atoms with E-state index in [1.54, 1.807) is 11.8 Å². The van der Waals surface area contributed by atoms with Gasteiger partial charge >= 0.3 is 0 Å². The third-order valence-corrected chi connectivity index (χ3v) is 4.17. The van der Waals surface area contributed by atoms with Gasteiger partial charge in [0.15, 0.2) is 0 Å². The van der Waals surface area contributed by atoms with Crippen molar-refractivity contribution in [3.63, 3.8) is 0 Å². The van der Waals surface area contributed by atoms with Crippen LogP contribution in [0.2, 0.25) is 5.02 Å². The van der Waals surface area contributed by atoms with Crippen LogP contribution in [0.3, 0.4) is 0 Å². The van der Waals surface area contributed by atoms with Crippen LogP contribution >= 0.6 is 23.4 Å². The van der Waals surface area contributed by atoms with Crippen LogP contribution in [-0.4, -0.2) is 15.2 Å². The summed E-state index contributed by atoms with van der Waals surface area (Å²) in [6.45, 7) is 0. The molecule has 0 radical (unpaired) electrons. The van der Waals surface area contributed by atoms with E-state index in [1.165, 1.54) is 0 Å². The topological polar surface area (TPSA) is 79.6 Å². The van der Waals surface area contributed by atoms with Crippen molar-refractivity contribution in [2.24, 2.45) is 0 Å². The van der Waals surface area contributed by atoms with Gasteiger partial charge in [-0.15, -0.1) is 5.10 Å². The van der Waals surface area contributed by atoms with Crippen molar-refractivity contribution in [2.45, 2.75) is 9.79 Å². The van der Waals surface area contributed by atoms with Crippen LogP contribution in [0.5, 0.6) is 0 Å². The van der Waals surface area contributed by atoms with Gasteiger partial charge in [0.25, 0.3) is 0 Å². The quantitative estimate of drug-likeness (QED) is 0.679. The van der Waals surface area contributed by atoms with Crippen LogP contribution in [0.15, 0.2) is 58.3 Å². The Labute approximate surface area is 130 Å². The summed E-state index contributed by atoms with van der Waals surface area (Å²) >= 11 is 7.93. The molecule has 0 bridgehead atoms. The molecule has 0 spiro atoms. The third kappa shape index (κ3) is 3.48. The monoisotopic (exact) mass is 317 g/mol. The van der Waals surface area contributed by atoms with E-state index < -0.39 is 0 Å². The van der Waals surface area contributed by atoms with Crippen LogP contribution in [-0.2, 0) is 0 Å². The van der Waals surface area contributed by atoms with E-state index >= 15 is 0 Å². The molecule has 3 rings (SSSR count). The summed E-state index contributed by atoms with van der Waals surface area (Å²) in [6.07, 6.45) is 0. The molecule has 0 aliphatic carbocycles. The summed E-state index contributed by atoms with van der Waals surface area (Å²) < 4.78 is 0. The maximum atomic E-state index is 6.32. The number of H-pyrrole nitrogens is 1. The fourth-order valence-corrected chi connectivity index (χ4v) is 2.87. The van der Waals surface area contributed by atoms with Gasteiger partial charge in [-0.2, -0.15) is 4.98 Å². The third-order valence-electron chi connectivity index (χ3n) is 2.66. The Morgan fingerprint density at radius 3 is 2.62 bits per heavy atom. The van der Waals surface area contributed by atoms with E-state index in [4.69, 9.17) is 17.3 Å². The Balaban J connectivity index is 1.76. The van der Waals surface area contributed by atoms with E-state index in [2.05, 4.69) is 20.5 Å². The highest BCUT2D eigenvalue weighted by molar-refractivity contribution is 7.99. The van der Waals surface area contributed by atoms with E-state index in [0.29, 0.717) is 11.0 Å². The number of rotatable bonds is 4. The van der Waals surface area contributed by atoms with Gasteiger partial charge < -0.3 is 11.1 Å². The van der Waals surface area contributed by atoms with Gasteiger partial charge in [0.1, 0.15) is 0 Å². The van der Waals surface area contributed by atoms with Gasteiger partial charge in [0, 0.05) is 15.5 Å². The molecular weight excluding hydrogens is 306 g/mol. The van der Waals surface area contributed by atoms with Gasteiger partial charge in [-0.05, 0) is 30.3 Å². The van der Waals surface area contributed by atoms with E-state index in [0.717, 1.165) is 15.5 Å². The lowest BCUT2D eigenvalue weighted by Crippen LogP contribution is -1.93. The van der Waals surface area contributed by atoms with Gasteiger partial charge in [0.2, 0.25) is 11.9 Å². The molecule has 0 fully saturated rings. The molecule has 1 aromatic heterocycles. The molecule has 0 saturated carbocycles. The number of nitrogen functional groups attached to an aromatic ring is 1. The summed E-state index contributed by atoms with van der Waals surface area (Å²) in [7, 11) is 0. The summed E-state index contributed by atoms with van der Waals surface area (Å²) in [5.74, 6) is 0.673. The second-order valence-electron chi connectivity index (χ2n) is 4.23. The highest BCUT2D eigenvalue weighted by atomic mass is 35.5. The zero-order valence-corrected chi connectivity index (χ0v) is 12.4. The predicted octanol–water partition coefficient (Wildman–Crippen LogP) is 3.94. The minimum atomic E-state index is 0.264. The average molecular weight is 318 g/mol. The van der Waals surface area contributed by atoms with Gasteiger partial charge in [0.05, 0.1) is 5.02 Å². The molecule has 0 aliphatic heterocycles. The molecule has 3 aromatic rings. The average Bonchev–Trinajstić information content (AvgIpc) is 2.88. The molecule has 21 heavy (non-hydrogen) atoms. The first kappa shape index (κ1) is 13.8. The van der Waals surface area contributed by atoms with Crippen LogP contribution in [0.1, 0.15) is 0 Å². The maximum Gasteiger partial charge on any atom is 0.248 e. The molecule has 4 N–H and O–H groups in total. The van der Waals surface area contributed by atoms with Crippen molar-refractivity contribution in [2.75, 3.05) is 11.1 Å². The zero-order valence-electron chi connectivity index (χ0n) is 10.9. The zero-order chi connectivity index (χ0) is 14.7. The van der Waals surface area contributed by atoms with Gasteiger partial charge in [-0.25, -0.2) is 5.10 Å². The van der Waals surface area contributed by atoms with Crippen molar-refractivity contribution < 1.29 is 0 Å². The first-order chi connectivity index (χ1) is 10.2. The molecule has 7 heteroatoms. The Hall–Kier alpha value is -2.18. The van der Waals surface area contributed by atoms with Gasteiger partial charge in [-0.3, -0.25) is 0 Å². The molecule has 1 heterocycles. The van der Waals surface area contributed by atoms with Crippen molar-refractivity contribution >= 4 is 40.9 Å². The minimum absolute atomic E-state index is 0.264. The smallest absolute Gasteiger partial charge is 0.248 e. The molecule has 0 atom stereocenters. The first-order valence-electron chi connectivity index (χ1n) is 6.18. The molecule has 0 aliphatic rings. The number of aromatic amines is 1.